The van der Waals surface area contributed by atoms with E-state index in [2.05, 4.69) is 166 Å². The average Bonchev–Trinajstić information content (AvgIpc) is 3.69. The molecule has 2 aliphatic carbocycles. The van der Waals surface area contributed by atoms with Crippen molar-refractivity contribution in [2.75, 3.05) is 4.90 Å². The van der Waals surface area contributed by atoms with E-state index in [1.165, 1.54) is 66.4 Å². The lowest BCUT2D eigenvalue weighted by Gasteiger charge is -2.30. The minimum Gasteiger partial charge on any atom is -0.456 e. The van der Waals surface area contributed by atoms with Gasteiger partial charge in [-0.25, -0.2) is 0 Å². The van der Waals surface area contributed by atoms with Crippen molar-refractivity contribution in [3.8, 4) is 22.3 Å². The maximum Gasteiger partial charge on any atom is 0.136 e. The van der Waals surface area contributed by atoms with Crippen LogP contribution in [-0.4, -0.2) is 0 Å². The van der Waals surface area contributed by atoms with E-state index in [0.29, 0.717) is 0 Å². The van der Waals surface area contributed by atoms with Gasteiger partial charge in [-0.2, -0.15) is 0 Å². The first-order chi connectivity index (χ1) is 23.3. The first kappa shape index (κ1) is 27.5. The molecule has 0 spiro atoms. The van der Waals surface area contributed by atoms with Crippen LogP contribution in [0.2, 0.25) is 0 Å². The summed E-state index contributed by atoms with van der Waals surface area (Å²) >= 11 is 0. The van der Waals surface area contributed by atoms with Crippen LogP contribution in [0.4, 0.5) is 17.1 Å². The summed E-state index contributed by atoms with van der Waals surface area (Å²) in [5.41, 5.74) is 15.9. The Balaban J connectivity index is 1.27. The molecule has 0 fully saturated rings. The van der Waals surface area contributed by atoms with Crippen LogP contribution in [0, 0.1) is 0 Å². The highest BCUT2D eigenvalue weighted by atomic mass is 16.3. The molecule has 0 aliphatic heterocycles. The van der Waals surface area contributed by atoms with Gasteiger partial charge in [0.15, 0.2) is 0 Å². The van der Waals surface area contributed by atoms with Gasteiger partial charge in [-0.1, -0.05) is 125 Å². The predicted octanol–water partition coefficient (Wildman–Crippen LogP) is 12.8. The van der Waals surface area contributed by atoms with Crippen LogP contribution in [0.1, 0.15) is 49.9 Å². The molecule has 8 aromatic rings. The Bertz CT molecular complexity index is 2630. The van der Waals surface area contributed by atoms with Gasteiger partial charge in [-0.3, -0.25) is 0 Å². The average molecular weight is 618 g/mol. The maximum absolute atomic E-state index is 6.34. The molecule has 10 rings (SSSR count). The van der Waals surface area contributed by atoms with Crippen molar-refractivity contribution in [3.63, 3.8) is 0 Å². The number of furan rings is 1. The number of anilines is 3. The molecule has 0 saturated heterocycles. The van der Waals surface area contributed by atoms with Crippen molar-refractivity contribution in [1.82, 2.24) is 0 Å². The third-order valence-electron chi connectivity index (χ3n) is 11.3. The number of nitrogens with zero attached hydrogens (tertiary/aromatic N) is 1. The Hall–Kier alpha value is -5.60. The molecule has 0 unspecified atom stereocenters. The van der Waals surface area contributed by atoms with E-state index in [1.54, 1.807) is 0 Å². The van der Waals surface area contributed by atoms with E-state index in [4.69, 9.17) is 4.42 Å². The highest BCUT2D eigenvalue weighted by Crippen LogP contribution is 2.56. The molecule has 2 nitrogen and oxygen atoms in total. The lowest BCUT2D eigenvalue weighted by Crippen LogP contribution is -2.17. The summed E-state index contributed by atoms with van der Waals surface area (Å²) in [5, 5.41) is 4.71. The van der Waals surface area contributed by atoms with E-state index in [-0.39, 0.29) is 10.8 Å². The molecule has 0 bridgehead atoms. The Kier molecular flexibility index (Phi) is 5.44. The highest BCUT2D eigenvalue weighted by Gasteiger charge is 2.39. The molecule has 0 radical (unpaired) electrons. The zero-order valence-corrected chi connectivity index (χ0v) is 27.6. The third-order valence-corrected chi connectivity index (χ3v) is 11.3. The lowest BCUT2D eigenvalue weighted by atomic mass is 9.82. The van der Waals surface area contributed by atoms with Crippen LogP contribution in [0.3, 0.4) is 0 Å². The molecule has 1 aromatic heterocycles. The van der Waals surface area contributed by atoms with Gasteiger partial charge in [0.1, 0.15) is 11.2 Å². The second-order valence-electron chi connectivity index (χ2n) is 14.5. The van der Waals surface area contributed by atoms with Crippen LogP contribution in [-0.2, 0) is 10.8 Å². The Labute approximate surface area is 280 Å². The van der Waals surface area contributed by atoms with Crippen LogP contribution in [0.15, 0.2) is 144 Å². The second-order valence-corrected chi connectivity index (χ2v) is 14.5. The minimum absolute atomic E-state index is 0.0968. The normalized spacial score (nSPS) is 15.0. The predicted molar refractivity (Wildman–Crippen MR) is 201 cm³/mol. The summed E-state index contributed by atoms with van der Waals surface area (Å²) in [7, 11) is 0. The van der Waals surface area contributed by atoms with Gasteiger partial charge in [-0.15, -0.1) is 0 Å². The van der Waals surface area contributed by atoms with Crippen molar-refractivity contribution in [2.24, 2.45) is 0 Å². The van der Waals surface area contributed by atoms with Gasteiger partial charge in [0, 0.05) is 38.5 Å². The Morgan fingerprint density at radius 1 is 0.458 bits per heavy atom. The van der Waals surface area contributed by atoms with Crippen molar-refractivity contribution in [2.45, 2.75) is 38.5 Å². The summed E-state index contributed by atoms with van der Waals surface area (Å²) in [6.45, 7) is 9.44. The number of benzene rings is 7. The molecule has 7 aromatic carbocycles. The summed E-state index contributed by atoms with van der Waals surface area (Å²) < 4.78 is 6.34. The molecule has 2 aliphatic rings. The number of para-hydroxylation sites is 1. The maximum atomic E-state index is 6.34. The van der Waals surface area contributed by atoms with Gasteiger partial charge >= 0.3 is 0 Å². The number of hydrogen-bond acceptors (Lipinski definition) is 2. The fourth-order valence-electron chi connectivity index (χ4n) is 8.85. The fourth-order valence-corrected chi connectivity index (χ4v) is 8.85. The molecule has 1 heterocycles. The monoisotopic (exact) mass is 617 g/mol. The largest absolute Gasteiger partial charge is 0.456 e. The van der Waals surface area contributed by atoms with Crippen LogP contribution >= 0.6 is 0 Å². The van der Waals surface area contributed by atoms with Crippen molar-refractivity contribution in [3.05, 3.63) is 162 Å². The molecule has 0 N–H and O–H groups in total. The van der Waals surface area contributed by atoms with E-state index in [0.717, 1.165) is 27.9 Å². The smallest absolute Gasteiger partial charge is 0.136 e. The molecule has 2 heteroatoms. The van der Waals surface area contributed by atoms with Crippen LogP contribution in [0.25, 0.3) is 55.0 Å². The van der Waals surface area contributed by atoms with Crippen molar-refractivity contribution in [1.29, 1.82) is 0 Å². The lowest BCUT2D eigenvalue weighted by molar-refractivity contribution is 0.660. The number of rotatable bonds is 3. The van der Waals surface area contributed by atoms with Gasteiger partial charge < -0.3 is 9.32 Å². The Morgan fingerprint density at radius 3 is 1.94 bits per heavy atom. The van der Waals surface area contributed by atoms with E-state index in [1.807, 2.05) is 6.07 Å². The zero-order chi connectivity index (χ0) is 32.4. The summed E-state index contributed by atoms with van der Waals surface area (Å²) in [6.07, 6.45) is 0. The van der Waals surface area contributed by atoms with Crippen LogP contribution in [0.5, 0.6) is 0 Å². The molecule has 48 heavy (non-hydrogen) atoms. The summed E-state index contributed by atoms with van der Waals surface area (Å²) in [6, 6.07) is 51.4. The molecule has 0 atom stereocenters. The molecule has 0 amide bonds. The minimum atomic E-state index is -0.105. The topological polar surface area (TPSA) is 16.4 Å². The van der Waals surface area contributed by atoms with Crippen molar-refractivity contribution >= 4 is 49.8 Å². The van der Waals surface area contributed by atoms with E-state index < -0.39 is 0 Å². The molecule has 230 valence electrons. The van der Waals surface area contributed by atoms with Crippen molar-refractivity contribution < 1.29 is 4.42 Å². The molecular weight excluding hydrogens is 583 g/mol. The SMILES string of the molecule is CC1(C)c2ccccc2-c2ccc(N(c3ccc4ccc5oc6ccccc6c5c4c3)c3cccc4c3-c3ccccc3C4(C)C)cc21. The van der Waals surface area contributed by atoms with Gasteiger partial charge in [0.2, 0.25) is 0 Å². The number of hydrogen-bond donors (Lipinski definition) is 0. The quantitative estimate of drug-likeness (QED) is 0.196. The van der Waals surface area contributed by atoms with E-state index in [9.17, 15) is 0 Å². The fraction of sp³-hybridized carbons (Fsp3) is 0.130. The first-order valence-electron chi connectivity index (χ1n) is 16.9. The van der Waals surface area contributed by atoms with Gasteiger partial charge in [0.25, 0.3) is 0 Å². The number of fused-ring (bicyclic) bond motifs is 11. The summed E-state index contributed by atoms with van der Waals surface area (Å²) in [5.74, 6) is 0. The first-order valence-corrected chi connectivity index (χ1v) is 16.9. The van der Waals surface area contributed by atoms with Gasteiger partial charge in [0.05, 0.1) is 5.69 Å². The molecule has 0 saturated carbocycles. The van der Waals surface area contributed by atoms with E-state index >= 15 is 0 Å². The third kappa shape index (κ3) is 3.58. The zero-order valence-electron chi connectivity index (χ0n) is 27.6. The molecular formula is C46H35NO. The standard InChI is InChI=1S/C46H35NO/c1-45(2)37-16-9-6-13-33(37)44-38(45)17-11-18-40(44)47(30-23-24-32-31-12-5-8-15-36(31)46(3,4)39(32)27-30)29-22-20-28-21-25-42-43(35(28)26-29)34-14-7-10-19-41(34)48-42/h5-27H,1-4H3. The van der Waals surface area contributed by atoms with Gasteiger partial charge in [-0.05, 0) is 92.2 Å². The highest BCUT2D eigenvalue weighted by molar-refractivity contribution is 6.19. The second kappa shape index (κ2) is 9.49. The Morgan fingerprint density at radius 2 is 1.08 bits per heavy atom. The summed E-state index contributed by atoms with van der Waals surface area (Å²) in [4.78, 5) is 2.50. The van der Waals surface area contributed by atoms with Crippen LogP contribution < -0.4 is 4.90 Å².